The molecule has 0 spiro atoms. The summed E-state index contributed by atoms with van der Waals surface area (Å²) in [6.07, 6.45) is 6.47. The molecule has 2 aliphatic heterocycles. The van der Waals surface area contributed by atoms with Crippen LogP contribution in [0, 0.1) is 5.92 Å². The molecule has 0 aliphatic carbocycles. The Morgan fingerprint density at radius 1 is 1.23 bits per heavy atom. The van der Waals surface area contributed by atoms with E-state index in [4.69, 9.17) is 0 Å². The second-order valence-corrected chi connectivity index (χ2v) is 7.05. The number of piperidine rings is 2. The fourth-order valence-corrected chi connectivity index (χ4v) is 3.63. The number of nitrogens with zero attached hydrogens (tertiary/aromatic N) is 3. The van der Waals surface area contributed by atoms with Crippen molar-refractivity contribution in [3.8, 4) is 0 Å². The molecule has 1 amide bonds. The third kappa shape index (κ3) is 3.49. The van der Waals surface area contributed by atoms with Gasteiger partial charge >= 0.3 is 0 Å². The molecule has 120 valence electrons. The smallest absolute Gasteiger partial charge is 0.272 e. The van der Waals surface area contributed by atoms with Gasteiger partial charge in [-0.1, -0.05) is 6.92 Å². The highest BCUT2D eigenvalue weighted by Crippen LogP contribution is 2.26. The van der Waals surface area contributed by atoms with Crippen molar-refractivity contribution in [2.75, 3.05) is 33.2 Å². The molecule has 1 aromatic rings. The van der Waals surface area contributed by atoms with Crippen molar-refractivity contribution in [1.82, 2.24) is 14.8 Å². The summed E-state index contributed by atoms with van der Waals surface area (Å²) in [5, 5.41) is 0. The molecule has 3 heterocycles. The van der Waals surface area contributed by atoms with Crippen LogP contribution < -0.4 is 0 Å². The zero-order valence-corrected chi connectivity index (χ0v) is 13.8. The van der Waals surface area contributed by atoms with Gasteiger partial charge in [0.1, 0.15) is 5.69 Å². The minimum Gasteiger partial charge on any atom is -0.337 e. The lowest BCUT2D eigenvalue weighted by molar-refractivity contribution is 0.0691. The number of likely N-dealkylation sites (tertiary alicyclic amines) is 2. The summed E-state index contributed by atoms with van der Waals surface area (Å²) in [7, 11) is 2.17. The van der Waals surface area contributed by atoms with Crippen LogP contribution in [0.25, 0.3) is 0 Å². The Kier molecular flexibility index (Phi) is 4.77. The summed E-state index contributed by atoms with van der Waals surface area (Å²) in [5.74, 6) is 1.38. The number of amides is 1. The van der Waals surface area contributed by atoms with Crippen LogP contribution >= 0.6 is 0 Å². The third-order valence-corrected chi connectivity index (χ3v) is 5.17. The second kappa shape index (κ2) is 6.78. The van der Waals surface area contributed by atoms with Gasteiger partial charge in [0.05, 0.1) is 0 Å². The van der Waals surface area contributed by atoms with Gasteiger partial charge in [-0.25, -0.2) is 0 Å². The van der Waals surface area contributed by atoms with Crippen LogP contribution in [0.15, 0.2) is 18.3 Å². The maximum atomic E-state index is 12.7. The molecule has 1 aromatic heterocycles. The van der Waals surface area contributed by atoms with Crippen molar-refractivity contribution in [2.24, 2.45) is 5.92 Å². The lowest BCUT2D eigenvalue weighted by atomic mass is 9.91. The quantitative estimate of drug-likeness (QED) is 0.843. The van der Waals surface area contributed by atoms with Crippen molar-refractivity contribution >= 4 is 5.91 Å². The van der Waals surface area contributed by atoms with E-state index in [1.807, 2.05) is 17.2 Å². The first-order valence-corrected chi connectivity index (χ1v) is 8.57. The van der Waals surface area contributed by atoms with E-state index >= 15 is 0 Å². The Morgan fingerprint density at radius 2 is 2.00 bits per heavy atom. The van der Waals surface area contributed by atoms with Crippen LogP contribution in [0.2, 0.25) is 0 Å². The van der Waals surface area contributed by atoms with Crippen molar-refractivity contribution in [1.29, 1.82) is 0 Å². The molecule has 4 heteroatoms. The molecule has 2 saturated heterocycles. The lowest BCUT2D eigenvalue weighted by Gasteiger charge is -2.31. The third-order valence-electron chi connectivity index (χ3n) is 5.17. The number of carbonyl (C=O) groups excluding carboxylic acids is 1. The van der Waals surface area contributed by atoms with Crippen LogP contribution in [0.4, 0.5) is 0 Å². The Balaban J connectivity index is 1.71. The number of hydrogen-bond donors (Lipinski definition) is 0. The molecular formula is C18H27N3O. The summed E-state index contributed by atoms with van der Waals surface area (Å²) >= 11 is 0. The van der Waals surface area contributed by atoms with Gasteiger partial charge in [-0.3, -0.25) is 9.78 Å². The van der Waals surface area contributed by atoms with Crippen molar-refractivity contribution < 1.29 is 4.79 Å². The Morgan fingerprint density at radius 3 is 2.73 bits per heavy atom. The highest BCUT2D eigenvalue weighted by molar-refractivity contribution is 5.92. The predicted molar refractivity (Wildman–Crippen MR) is 88.0 cm³/mol. The monoisotopic (exact) mass is 301 g/mol. The van der Waals surface area contributed by atoms with E-state index in [0.717, 1.165) is 38.4 Å². The van der Waals surface area contributed by atoms with Gasteiger partial charge in [0.25, 0.3) is 5.91 Å². The highest BCUT2D eigenvalue weighted by atomic mass is 16.2. The van der Waals surface area contributed by atoms with E-state index in [1.54, 1.807) is 0 Å². The van der Waals surface area contributed by atoms with Crippen LogP contribution in [-0.2, 0) is 0 Å². The fraction of sp³-hybridized carbons (Fsp3) is 0.667. The lowest BCUT2D eigenvalue weighted by Crippen LogP contribution is -2.38. The molecule has 0 bridgehead atoms. The molecule has 0 aromatic carbocycles. The largest absolute Gasteiger partial charge is 0.337 e. The maximum absolute atomic E-state index is 12.7. The molecule has 22 heavy (non-hydrogen) atoms. The first-order chi connectivity index (χ1) is 10.6. The summed E-state index contributed by atoms with van der Waals surface area (Å²) in [6.45, 7) is 6.27. The van der Waals surface area contributed by atoms with Gasteiger partial charge in [-0.15, -0.1) is 0 Å². The Bertz CT molecular complexity index is 523. The predicted octanol–water partition coefficient (Wildman–Crippen LogP) is 2.76. The summed E-state index contributed by atoms with van der Waals surface area (Å²) in [6, 6.07) is 4.11. The van der Waals surface area contributed by atoms with E-state index < -0.39 is 0 Å². The van der Waals surface area contributed by atoms with Crippen molar-refractivity contribution in [2.45, 2.75) is 38.5 Å². The van der Waals surface area contributed by atoms with Crippen LogP contribution in [0.1, 0.15) is 54.6 Å². The summed E-state index contributed by atoms with van der Waals surface area (Å²) in [5.41, 5.74) is 1.90. The number of rotatable bonds is 2. The number of pyridine rings is 1. The van der Waals surface area contributed by atoms with Gasteiger partial charge in [0.15, 0.2) is 0 Å². The molecule has 0 saturated carbocycles. The molecule has 0 radical (unpaired) electrons. The van der Waals surface area contributed by atoms with Crippen LogP contribution in [-0.4, -0.2) is 53.9 Å². The first kappa shape index (κ1) is 15.5. The van der Waals surface area contributed by atoms with Crippen molar-refractivity contribution in [3.05, 3.63) is 29.6 Å². The first-order valence-electron chi connectivity index (χ1n) is 8.57. The molecule has 4 nitrogen and oxygen atoms in total. The van der Waals surface area contributed by atoms with Gasteiger partial charge in [-0.05, 0) is 68.8 Å². The molecule has 2 aliphatic rings. The molecule has 0 N–H and O–H groups in total. The second-order valence-electron chi connectivity index (χ2n) is 7.05. The van der Waals surface area contributed by atoms with E-state index in [9.17, 15) is 4.79 Å². The summed E-state index contributed by atoms with van der Waals surface area (Å²) < 4.78 is 0. The summed E-state index contributed by atoms with van der Waals surface area (Å²) in [4.78, 5) is 21.3. The molecular weight excluding hydrogens is 274 g/mol. The van der Waals surface area contributed by atoms with Crippen LogP contribution in [0.3, 0.4) is 0 Å². The standard InChI is InChI=1S/C18H27N3O/c1-14-6-10-21(11-7-14)18(22)17-12-15(5-8-19-17)16-4-3-9-20(2)13-16/h5,8,12,14,16H,3-4,6-7,9-11,13H2,1-2H3/t16-/m0/s1. The topological polar surface area (TPSA) is 36.4 Å². The average molecular weight is 301 g/mol. The number of aromatic nitrogens is 1. The highest BCUT2D eigenvalue weighted by Gasteiger charge is 2.24. The van der Waals surface area contributed by atoms with Crippen molar-refractivity contribution in [3.63, 3.8) is 0 Å². The SMILES string of the molecule is CC1CCN(C(=O)c2cc([C@H]3CCCN(C)C3)ccn2)CC1. The normalized spacial score (nSPS) is 24.5. The van der Waals surface area contributed by atoms with Crippen LogP contribution in [0.5, 0.6) is 0 Å². The van der Waals surface area contributed by atoms with E-state index in [2.05, 4.69) is 29.9 Å². The molecule has 0 unspecified atom stereocenters. The minimum atomic E-state index is 0.109. The zero-order valence-electron chi connectivity index (χ0n) is 13.8. The molecule has 1 atom stereocenters. The number of carbonyl (C=O) groups is 1. The van der Waals surface area contributed by atoms with E-state index in [1.165, 1.54) is 24.9 Å². The average Bonchev–Trinajstić information content (AvgIpc) is 2.55. The maximum Gasteiger partial charge on any atom is 0.272 e. The minimum absolute atomic E-state index is 0.109. The van der Waals surface area contributed by atoms with Gasteiger partial charge < -0.3 is 9.80 Å². The van der Waals surface area contributed by atoms with Gasteiger partial charge in [-0.2, -0.15) is 0 Å². The Labute approximate surface area is 133 Å². The number of hydrogen-bond acceptors (Lipinski definition) is 3. The zero-order chi connectivity index (χ0) is 15.5. The molecule has 2 fully saturated rings. The molecule has 3 rings (SSSR count). The van der Waals surface area contributed by atoms with E-state index in [-0.39, 0.29) is 5.91 Å². The fourth-order valence-electron chi connectivity index (χ4n) is 3.63. The van der Waals surface area contributed by atoms with Gasteiger partial charge in [0, 0.05) is 25.8 Å². The van der Waals surface area contributed by atoms with Gasteiger partial charge in [0.2, 0.25) is 0 Å². The Hall–Kier alpha value is -1.42. The number of likely N-dealkylation sites (N-methyl/N-ethyl adjacent to an activating group) is 1. The van der Waals surface area contributed by atoms with E-state index in [0.29, 0.717) is 11.6 Å².